The van der Waals surface area contributed by atoms with Crippen LogP contribution in [0.2, 0.25) is 5.02 Å². The largest absolute Gasteiger partial charge is 0.493 e. The number of methoxy groups -OCH3 is 1. The summed E-state index contributed by atoms with van der Waals surface area (Å²) in [6.07, 6.45) is 4.36. The zero-order chi connectivity index (χ0) is 15.8. The van der Waals surface area contributed by atoms with E-state index in [2.05, 4.69) is 16.6 Å². The highest BCUT2D eigenvalue weighted by atomic mass is 35.5. The van der Waals surface area contributed by atoms with Crippen LogP contribution >= 0.6 is 11.6 Å². The number of ether oxygens (including phenoxy) is 2. The number of rotatable bonds is 7. The molecule has 0 aromatic heterocycles. The molecule has 0 aliphatic rings. The summed E-state index contributed by atoms with van der Waals surface area (Å²) in [4.78, 5) is 11.8. The minimum absolute atomic E-state index is 0.151. The molecule has 0 radical (unpaired) electrons. The topological polar surface area (TPSA) is 59.6 Å². The van der Waals surface area contributed by atoms with E-state index in [4.69, 9.17) is 27.5 Å². The number of hydrogen-bond acceptors (Lipinski definition) is 4. The van der Waals surface area contributed by atoms with Gasteiger partial charge < -0.3 is 20.1 Å². The Bertz CT molecular complexity index is 540. The van der Waals surface area contributed by atoms with Crippen LogP contribution in [-0.4, -0.2) is 32.7 Å². The lowest BCUT2D eigenvalue weighted by Crippen LogP contribution is -2.36. The average Bonchev–Trinajstić information content (AvgIpc) is 2.47. The molecule has 5 nitrogen and oxygen atoms in total. The Morgan fingerprint density at radius 2 is 2.24 bits per heavy atom. The van der Waals surface area contributed by atoms with Gasteiger partial charge in [0.15, 0.2) is 17.6 Å². The number of carbonyl (C=O) groups excluding carboxylic acids is 1. The highest BCUT2D eigenvalue weighted by Gasteiger charge is 2.19. The SMILES string of the molecule is C#CCNC(=O)C(C)Oc1c(Cl)cc(CNC)cc1OC. The van der Waals surface area contributed by atoms with Gasteiger partial charge in [0.1, 0.15) is 0 Å². The first-order valence-corrected chi connectivity index (χ1v) is 6.80. The van der Waals surface area contributed by atoms with E-state index in [1.165, 1.54) is 7.11 Å². The Hall–Kier alpha value is -1.90. The van der Waals surface area contributed by atoms with Crippen molar-refractivity contribution in [2.45, 2.75) is 19.6 Å². The molecule has 0 fully saturated rings. The molecule has 0 heterocycles. The van der Waals surface area contributed by atoms with Crippen LogP contribution in [0, 0.1) is 12.3 Å². The highest BCUT2D eigenvalue weighted by molar-refractivity contribution is 6.32. The Morgan fingerprint density at radius 1 is 1.52 bits per heavy atom. The molecule has 6 heteroatoms. The molecule has 1 aromatic rings. The zero-order valence-corrected chi connectivity index (χ0v) is 13.1. The summed E-state index contributed by atoms with van der Waals surface area (Å²) in [6, 6.07) is 3.58. The molecule has 1 amide bonds. The van der Waals surface area contributed by atoms with Crippen LogP contribution in [-0.2, 0) is 11.3 Å². The van der Waals surface area contributed by atoms with Gasteiger partial charge in [0.05, 0.1) is 18.7 Å². The molecule has 0 saturated heterocycles. The maximum atomic E-state index is 11.8. The summed E-state index contributed by atoms with van der Waals surface area (Å²) in [5.41, 5.74) is 0.955. The van der Waals surface area contributed by atoms with Crippen molar-refractivity contribution in [2.75, 3.05) is 20.7 Å². The Kier molecular flexibility index (Phi) is 6.86. The molecule has 1 atom stereocenters. The average molecular weight is 311 g/mol. The fourth-order valence-corrected chi connectivity index (χ4v) is 1.98. The molecule has 0 aliphatic carbocycles. The van der Waals surface area contributed by atoms with Gasteiger partial charge in [-0.15, -0.1) is 6.42 Å². The van der Waals surface area contributed by atoms with E-state index in [0.29, 0.717) is 23.1 Å². The fraction of sp³-hybridized carbons (Fsp3) is 0.400. The van der Waals surface area contributed by atoms with Crippen molar-refractivity contribution in [1.29, 1.82) is 0 Å². The van der Waals surface area contributed by atoms with Gasteiger partial charge in [-0.2, -0.15) is 0 Å². The van der Waals surface area contributed by atoms with E-state index in [-0.39, 0.29) is 12.5 Å². The van der Waals surface area contributed by atoms with Crippen LogP contribution in [0.15, 0.2) is 12.1 Å². The molecule has 0 saturated carbocycles. The summed E-state index contributed by atoms with van der Waals surface area (Å²) in [6.45, 7) is 2.41. The highest BCUT2D eigenvalue weighted by Crippen LogP contribution is 2.37. The van der Waals surface area contributed by atoms with E-state index < -0.39 is 6.10 Å². The first-order chi connectivity index (χ1) is 10.0. The molecule has 0 aliphatic heterocycles. The fourth-order valence-electron chi connectivity index (χ4n) is 1.71. The van der Waals surface area contributed by atoms with Crippen LogP contribution in [0.4, 0.5) is 0 Å². The summed E-state index contributed by atoms with van der Waals surface area (Å²) in [7, 11) is 3.35. The summed E-state index contributed by atoms with van der Waals surface area (Å²) in [5, 5.41) is 5.96. The molecule has 2 N–H and O–H groups in total. The predicted octanol–water partition coefficient (Wildman–Crippen LogP) is 1.58. The second-order valence-electron chi connectivity index (χ2n) is 4.32. The second kappa shape index (κ2) is 8.40. The first-order valence-electron chi connectivity index (χ1n) is 6.42. The third-order valence-corrected chi connectivity index (χ3v) is 2.98. The Morgan fingerprint density at radius 3 is 2.81 bits per heavy atom. The lowest BCUT2D eigenvalue weighted by molar-refractivity contribution is -0.127. The third-order valence-electron chi connectivity index (χ3n) is 2.70. The van der Waals surface area contributed by atoms with Crippen LogP contribution < -0.4 is 20.1 Å². The molecule has 21 heavy (non-hydrogen) atoms. The van der Waals surface area contributed by atoms with Crippen molar-refractivity contribution in [2.24, 2.45) is 0 Å². The predicted molar refractivity (Wildman–Crippen MR) is 82.7 cm³/mol. The van der Waals surface area contributed by atoms with Gasteiger partial charge >= 0.3 is 0 Å². The molecule has 0 spiro atoms. The number of halogens is 1. The van der Waals surface area contributed by atoms with E-state index in [1.54, 1.807) is 13.0 Å². The van der Waals surface area contributed by atoms with Gasteiger partial charge in [-0.25, -0.2) is 0 Å². The van der Waals surface area contributed by atoms with Crippen LogP contribution in [0.3, 0.4) is 0 Å². The number of hydrogen-bond donors (Lipinski definition) is 2. The number of benzene rings is 1. The van der Waals surface area contributed by atoms with Crippen molar-refractivity contribution in [3.05, 3.63) is 22.7 Å². The van der Waals surface area contributed by atoms with Crippen LogP contribution in [0.1, 0.15) is 12.5 Å². The monoisotopic (exact) mass is 310 g/mol. The summed E-state index contributed by atoms with van der Waals surface area (Å²) < 4.78 is 10.9. The van der Waals surface area contributed by atoms with Crippen LogP contribution in [0.5, 0.6) is 11.5 Å². The van der Waals surface area contributed by atoms with Crippen molar-refractivity contribution >= 4 is 17.5 Å². The molecule has 0 bridgehead atoms. The molecule has 114 valence electrons. The number of amides is 1. The van der Waals surface area contributed by atoms with E-state index >= 15 is 0 Å². The van der Waals surface area contributed by atoms with Gasteiger partial charge in [0, 0.05) is 6.54 Å². The normalized spacial score (nSPS) is 11.4. The van der Waals surface area contributed by atoms with Crippen molar-refractivity contribution in [3.63, 3.8) is 0 Å². The van der Waals surface area contributed by atoms with Gasteiger partial charge in [0.2, 0.25) is 0 Å². The van der Waals surface area contributed by atoms with E-state index in [1.807, 2.05) is 13.1 Å². The maximum absolute atomic E-state index is 11.8. The Balaban J connectivity index is 2.92. The van der Waals surface area contributed by atoms with E-state index in [9.17, 15) is 4.79 Å². The second-order valence-corrected chi connectivity index (χ2v) is 4.73. The molecule has 1 unspecified atom stereocenters. The smallest absolute Gasteiger partial charge is 0.261 e. The first kappa shape index (κ1) is 17.2. The molecular weight excluding hydrogens is 292 g/mol. The van der Waals surface area contributed by atoms with Crippen molar-refractivity contribution < 1.29 is 14.3 Å². The third kappa shape index (κ3) is 4.85. The minimum Gasteiger partial charge on any atom is -0.493 e. The maximum Gasteiger partial charge on any atom is 0.261 e. The quantitative estimate of drug-likeness (QED) is 0.751. The van der Waals surface area contributed by atoms with Gasteiger partial charge in [-0.3, -0.25) is 4.79 Å². The molecule has 1 aromatic carbocycles. The van der Waals surface area contributed by atoms with Crippen LogP contribution in [0.25, 0.3) is 0 Å². The Labute approximate surface area is 130 Å². The number of nitrogens with one attached hydrogen (secondary N) is 2. The van der Waals surface area contributed by atoms with Gasteiger partial charge in [-0.1, -0.05) is 17.5 Å². The van der Waals surface area contributed by atoms with E-state index in [0.717, 1.165) is 5.56 Å². The van der Waals surface area contributed by atoms with Crippen molar-refractivity contribution in [3.8, 4) is 23.8 Å². The molecule has 1 rings (SSSR count). The van der Waals surface area contributed by atoms with Gasteiger partial charge in [-0.05, 0) is 31.7 Å². The number of terminal acetylenes is 1. The zero-order valence-electron chi connectivity index (χ0n) is 12.3. The van der Waals surface area contributed by atoms with Gasteiger partial charge in [0.25, 0.3) is 5.91 Å². The van der Waals surface area contributed by atoms with Crippen molar-refractivity contribution in [1.82, 2.24) is 10.6 Å². The standard InChI is InChI=1S/C15H19ClN2O3/c1-5-6-18-15(19)10(2)21-14-12(16)7-11(9-17-3)8-13(14)20-4/h1,7-8,10,17H,6,9H2,2-4H3,(H,18,19). The summed E-state index contributed by atoms with van der Waals surface area (Å²) >= 11 is 6.21. The minimum atomic E-state index is -0.736. The molecular formula is C15H19ClN2O3. The summed E-state index contributed by atoms with van der Waals surface area (Å²) in [5.74, 6) is 2.82. The lowest BCUT2D eigenvalue weighted by atomic mass is 10.2. The lowest BCUT2D eigenvalue weighted by Gasteiger charge is -2.18. The number of carbonyl (C=O) groups is 1.